The van der Waals surface area contributed by atoms with Crippen LogP contribution in [0.1, 0.15) is 24.1 Å². The number of nitrogens with zero attached hydrogens (tertiary/aromatic N) is 2. The summed E-state index contributed by atoms with van der Waals surface area (Å²) in [7, 11) is 0. The smallest absolute Gasteiger partial charge is 0.236 e. The number of ether oxygens (including phenoxy) is 2. The number of benzene rings is 2. The van der Waals surface area contributed by atoms with E-state index in [0.717, 1.165) is 22.7 Å². The highest BCUT2D eigenvalue weighted by Crippen LogP contribution is 2.24. The third-order valence-electron chi connectivity index (χ3n) is 3.55. The van der Waals surface area contributed by atoms with Crippen LogP contribution >= 0.6 is 0 Å². The van der Waals surface area contributed by atoms with Gasteiger partial charge < -0.3 is 19.2 Å². The zero-order valence-electron chi connectivity index (χ0n) is 14.7. The van der Waals surface area contributed by atoms with E-state index in [1.165, 1.54) is 0 Å². The largest absolute Gasteiger partial charge is 0.494 e. The molecular weight excluding hydrogens is 330 g/mol. The van der Waals surface area contributed by atoms with Gasteiger partial charge in [0.2, 0.25) is 17.5 Å². The maximum atomic E-state index is 9.27. The number of hydrogen-bond acceptors (Lipinski definition) is 6. The minimum Gasteiger partial charge on any atom is -0.494 e. The fourth-order valence-electron chi connectivity index (χ4n) is 2.37. The molecule has 0 radical (unpaired) electrons. The molecule has 26 heavy (non-hydrogen) atoms. The molecule has 132 valence electrons. The topological polar surface area (TPSA) is 80.3 Å². The molecule has 0 saturated carbocycles. The fourth-order valence-corrected chi connectivity index (χ4v) is 2.37. The Labute approximate surface area is 152 Å². The molecule has 0 fully saturated rings. The van der Waals surface area contributed by atoms with Crippen LogP contribution in [0.5, 0.6) is 11.5 Å². The van der Waals surface area contributed by atoms with Crippen molar-refractivity contribution in [2.75, 3.05) is 11.9 Å². The van der Waals surface area contributed by atoms with Crippen molar-refractivity contribution in [2.45, 2.75) is 20.5 Å². The Kier molecular flexibility index (Phi) is 5.40. The molecule has 0 aliphatic rings. The second kappa shape index (κ2) is 8.08. The van der Waals surface area contributed by atoms with Gasteiger partial charge in [-0.05, 0) is 55.8 Å². The first-order valence-electron chi connectivity index (χ1n) is 8.27. The Morgan fingerprint density at radius 2 is 1.92 bits per heavy atom. The van der Waals surface area contributed by atoms with E-state index in [2.05, 4.69) is 10.3 Å². The lowest BCUT2D eigenvalue weighted by atomic mass is 10.2. The second-order valence-corrected chi connectivity index (χ2v) is 5.58. The van der Waals surface area contributed by atoms with Gasteiger partial charge in [-0.3, -0.25) is 0 Å². The second-order valence-electron chi connectivity index (χ2n) is 5.58. The van der Waals surface area contributed by atoms with Gasteiger partial charge in [0.25, 0.3) is 0 Å². The Morgan fingerprint density at radius 1 is 1.12 bits per heavy atom. The number of aromatic nitrogens is 1. The van der Waals surface area contributed by atoms with Crippen molar-refractivity contribution in [1.29, 1.82) is 5.26 Å². The maximum absolute atomic E-state index is 9.27. The Hall–Kier alpha value is -3.46. The van der Waals surface area contributed by atoms with E-state index in [4.69, 9.17) is 13.9 Å². The van der Waals surface area contributed by atoms with Crippen molar-refractivity contribution < 1.29 is 13.9 Å². The molecule has 2 aromatic carbocycles. The van der Waals surface area contributed by atoms with Crippen LogP contribution in [0.25, 0.3) is 0 Å². The van der Waals surface area contributed by atoms with Crippen molar-refractivity contribution in [2.24, 2.45) is 0 Å². The summed E-state index contributed by atoms with van der Waals surface area (Å²) in [5.74, 6) is 2.13. The van der Waals surface area contributed by atoms with Gasteiger partial charge in [-0.15, -0.1) is 0 Å². The van der Waals surface area contributed by atoms with Gasteiger partial charge in [-0.2, -0.15) is 10.2 Å². The summed E-state index contributed by atoms with van der Waals surface area (Å²) in [6.45, 7) is 4.67. The van der Waals surface area contributed by atoms with Crippen LogP contribution in [0.2, 0.25) is 0 Å². The molecule has 0 unspecified atom stereocenters. The fraction of sp³-hybridized carbons (Fsp3) is 0.200. The van der Waals surface area contributed by atoms with Gasteiger partial charge in [0.1, 0.15) is 17.6 Å². The minimum absolute atomic E-state index is 0.142. The molecule has 3 aromatic rings. The molecule has 0 aliphatic heterocycles. The standard InChI is InChI=1S/C20H19N3O3/c1-3-24-16-9-7-15(8-10-16)22-20-18(12-21)23-19(26-20)13-25-17-6-4-5-14(2)11-17/h4-11,22H,3,13H2,1-2H3. The molecule has 6 heteroatoms. The number of aryl methyl sites for hydroxylation is 1. The van der Waals surface area contributed by atoms with Gasteiger partial charge >= 0.3 is 0 Å². The average molecular weight is 349 g/mol. The lowest BCUT2D eigenvalue weighted by molar-refractivity contribution is 0.265. The van der Waals surface area contributed by atoms with Crippen molar-refractivity contribution in [3.05, 3.63) is 65.7 Å². The van der Waals surface area contributed by atoms with Gasteiger partial charge in [0, 0.05) is 5.69 Å². The molecule has 6 nitrogen and oxygen atoms in total. The predicted octanol–water partition coefficient (Wildman–Crippen LogP) is 4.58. The monoisotopic (exact) mass is 349 g/mol. The average Bonchev–Trinajstić information content (AvgIpc) is 3.04. The number of nitriles is 1. The van der Waals surface area contributed by atoms with Crippen molar-refractivity contribution in [3.8, 4) is 17.6 Å². The van der Waals surface area contributed by atoms with E-state index in [1.54, 1.807) is 0 Å². The van der Waals surface area contributed by atoms with Gasteiger partial charge in [-0.25, -0.2) is 0 Å². The number of oxazole rings is 1. The van der Waals surface area contributed by atoms with E-state index < -0.39 is 0 Å². The van der Waals surface area contributed by atoms with Gasteiger partial charge in [0.15, 0.2) is 6.61 Å². The predicted molar refractivity (Wildman–Crippen MR) is 97.6 cm³/mol. The van der Waals surface area contributed by atoms with Crippen LogP contribution in [0.4, 0.5) is 11.6 Å². The van der Waals surface area contributed by atoms with Crippen LogP contribution in [0.3, 0.4) is 0 Å². The van der Waals surface area contributed by atoms with E-state index in [-0.39, 0.29) is 12.3 Å². The highest BCUT2D eigenvalue weighted by molar-refractivity contribution is 5.60. The van der Waals surface area contributed by atoms with Gasteiger partial charge in [0.05, 0.1) is 6.61 Å². The first-order chi connectivity index (χ1) is 12.7. The molecule has 1 heterocycles. The minimum atomic E-state index is 0.142. The number of rotatable bonds is 7. The third-order valence-corrected chi connectivity index (χ3v) is 3.55. The van der Waals surface area contributed by atoms with Gasteiger partial charge in [-0.1, -0.05) is 12.1 Å². The summed E-state index contributed by atoms with van der Waals surface area (Å²) in [6, 6.07) is 17.1. The first-order valence-corrected chi connectivity index (χ1v) is 8.27. The molecule has 0 aliphatic carbocycles. The molecule has 0 spiro atoms. The van der Waals surface area contributed by atoms with Crippen LogP contribution in [-0.4, -0.2) is 11.6 Å². The summed E-state index contributed by atoms with van der Waals surface area (Å²) in [6.07, 6.45) is 0. The number of hydrogen-bond donors (Lipinski definition) is 1. The SMILES string of the molecule is CCOc1ccc(Nc2oc(COc3cccc(C)c3)nc2C#N)cc1. The molecule has 0 atom stereocenters. The molecule has 1 N–H and O–H groups in total. The zero-order chi connectivity index (χ0) is 18.4. The maximum Gasteiger partial charge on any atom is 0.236 e. The molecule has 0 amide bonds. The highest BCUT2D eigenvalue weighted by Gasteiger charge is 2.14. The Morgan fingerprint density at radius 3 is 2.62 bits per heavy atom. The van der Waals surface area contributed by atoms with Crippen LogP contribution in [0.15, 0.2) is 52.9 Å². The van der Waals surface area contributed by atoms with E-state index in [0.29, 0.717) is 18.4 Å². The third kappa shape index (κ3) is 4.33. The van der Waals surface area contributed by atoms with Crippen molar-refractivity contribution in [3.63, 3.8) is 0 Å². The highest BCUT2D eigenvalue weighted by atomic mass is 16.5. The van der Waals surface area contributed by atoms with Crippen LogP contribution < -0.4 is 14.8 Å². The zero-order valence-corrected chi connectivity index (χ0v) is 14.7. The normalized spacial score (nSPS) is 10.2. The van der Waals surface area contributed by atoms with E-state index >= 15 is 0 Å². The number of nitrogens with one attached hydrogen (secondary N) is 1. The van der Waals surface area contributed by atoms with Crippen LogP contribution in [-0.2, 0) is 6.61 Å². The summed E-state index contributed by atoms with van der Waals surface area (Å²) in [5, 5.41) is 12.3. The summed E-state index contributed by atoms with van der Waals surface area (Å²) >= 11 is 0. The number of anilines is 2. The molecule has 3 rings (SSSR count). The van der Waals surface area contributed by atoms with E-state index in [9.17, 15) is 5.26 Å². The molecule has 0 bridgehead atoms. The lowest BCUT2D eigenvalue weighted by Crippen LogP contribution is -1.95. The van der Waals surface area contributed by atoms with Crippen molar-refractivity contribution >= 4 is 11.6 Å². The van der Waals surface area contributed by atoms with Crippen LogP contribution in [0, 0.1) is 18.3 Å². The molecule has 0 saturated heterocycles. The quantitative estimate of drug-likeness (QED) is 0.673. The summed E-state index contributed by atoms with van der Waals surface area (Å²) in [4.78, 5) is 4.17. The van der Waals surface area contributed by atoms with E-state index in [1.807, 2.05) is 68.4 Å². The summed E-state index contributed by atoms with van der Waals surface area (Å²) in [5.41, 5.74) is 2.06. The Bertz CT molecular complexity index is 911. The Balaban J connectivity index is 1.69. The van der Waals surface area contributed by atoms with Crippen molar-refractivity contribution in [1.82, 2.24) is 4.98 Å². The first kappa shape index (κ1) is 17.4. The molecular formula is C20H19N3O3. The molecule has 1 aromatic heterocycles. The lowest BCUT2D eigenvalue weighted by Gasteiger charge is -2.06. The summed E-state index contributed by atoms with van der Waals surface area (Å²) < 4.78 is 16.7.